The number of hydrogen-bond donors (Lipinski definition) is 0. The monoisotopic (exact) mass is 310 g/mol. The Balaban J connectivity index is 1.58. The molecule has 4 rings (SSSR count). The van der Waals surface area contributed by atoms with Crippen LogP contribution in [0.4, 0.5) is 0 Å². The number of nitrogens with zero attached hydrogens (tertiary/aromatic N) is 6. The number of aryl methyl sites for hydroxylation is 1. The van der Waals surface area contributed by atoms with Gasteiger partial charge in [0.25, 0.3) is 0 Å². The maximum absolute atomic E-state index is 5.62. The maximum Gasteiger partial charge on any atom is 0.158 e. The van der Waals surface area contributed by atoms with Crippen LogP contribution < -0.4 is 0 Å². The predicted molar refractivity (Wildman–Crippen MR) is 79.8 cm³/mol. The number of rotatable bonds is 5. The Bertz CT molecular complexity index is 902. The van der Waals surface area contributed by atoms with Crippen molar-refractivity contribution in [3.05, 3.63) is 54.8 Å². The molecule has 8 nitrogen and oxygen atoms in total. The Morgan fingerprint density at radius 2 is 2.22 bits per heavy atom. The third-order valence-corrected chi connectivity index (χ3v) is 3.54. The molecule has 0 saturated carbocycles. The van der Waals surface area contributed by atoms with Gasteiger partial charge >= 0.3 is 0 Å². The van der Waals surface area contributed by atoms with E-state index in [0.29, 0.717) is 23.8 Å². The zero-order valence-corrected chi connectivity index (χ0v) is 12.5. The third kappa shape index (κ3) is 2.54. The molecule has 0 fully saturated rings. The second-order valence-electron chi connectivity index (χ2n) is 5.06. The minimum absolute atomic E-state index is 0.474. The van der Waals surface area contributed by atoms with Crippen LogP contribution in [0.25, 0.3) is 17.1 Å². The van der Waals surface area contributed by atoms with Gasteiger partial charge in [-0.15, -0.1) is 5.10 Å². The molecular formula is C15H14N6O2. The number of furan rings is 1. The van der Waals surface area contributed by atoms with Gasteiger partial charge in [0.1, 0.15) is 18.5 Å². The van der Waals surface area contributed by atoms with E-state index in [1.807, 2.05) is 22.9 Å². The van der Waals surface area contributed by atoms with Crippen LogP contribution in [-0.4, -0.2) is 29.7 Å². The summed E-state index contributed by atoms with van der Waals surface area (Å²) in [6, 6.07) is 3.75. The van der Waals surface area contributed by atoms with E-state index in [4.69, 9.17) is 8.94 Å². The molecule has 0 amide bonds. The van der Waals surface area contributed by atoms with E-state index < -0.39 is 0 Å². The maximum atomic E-state index is 5.62. The minimum atomic E-state index is 0.474. The molecule has 4 aromatic rings. The molecule has 0 saturated heterocycles. The van der Waals surface area contributed by atoms with Crippen molar-refractivity contribution in [2.45, 2.75) is 19.9 Å². The average molecular weight is 310 g/mol. The Morgan fingerprint density at radius 1 is 1.26 bits per heavy atom. The first-order chi connectivity index (χ1) is 11.3. The fraction of sp³-hybridized carbons (Fsp3) is 0.200. The normalized spacial score (nSPS) is 11.2. The topological polar surface area (TPSA) is 87.7 Å². The highest BCUT2D eigenvalue weighted by atomic mass is 16.5. The highest BCUT2D eigenvalue weighted by molar-refractivity contribution is 5.55. The largest absolute Gasteiger partial charge is 0.460 e. The first-order valence-electron chi connectivity index (χ1n) is 7.23. The Morgan fingerprint density at radius 3 is 3.04 bits per heavy atom. The number of imidazole rings is 1. The lowest BCUT2D eigenvalue weighted by Crippen LogP contribution is -1.98. The first-order valence-corrected chi connectivity index (χ1v) is 7.23. The summed E-state index contributed by atoms with van der Waals surface area (Å²) < 4.78 is 14.6. The molecule has 0 aliphatic carbocycles. The standard InChI is InChI=1S/C15H14N6O2/c1-2-11-7-16-10-21(11)12-5-15(22-9-12)14-6-13(23-18-14)8-20-4-3-17-19-20/h3-7,9-10H,2,8H2,1H3. The molecule has 116 valence electrons. The molecule has 0 spiro atoms. The summed E-state index contributed by atoms with van der Waals surface area (Å²) in [4.78, 5) is 4.17. The van der Waals surface area contributed by atoms with Gasteiger partial charge in [0.15, 0.2) is 11.5 Å². The molecule has 0 bridgehead atoms. The van der Waals surface area contributed by atoms with Crippen LogP contribution in [0.15, 0.2) is 52.3 Å². The zero-order valence-electron chi connectivity index (χ0n) is 12.5. The van der Waals surface area contributed by atoms with Crippen LogP contribution in [-0.2, 0) is 13.0 Å². The van der Waals surface area contributed by atoms with E-state index in [-0.39, 0.29) is 0 Å². The lowest BCUT2D eigenvalue weighted by Gasteiger charge is -2.00. The van der Waals surface area contributed by atoms with E-state index in [9.17, 15) is 0 Å². The Kier molecular flexibility index (Phi) is 3.26. The van der Waals surface area contributed by atoms with E-state index in [2.05, 4.69) is 27.4 Å². The molecule has 0 aliphatic heterocycles. The second kappa shape index (κ2) is 5.56. The minimum Gasteiger partial charge on any atom is -0.460 e. The van der Waals surface area contributed by atoms with Gasteiger partial charge in [-0.25, -0.2) is 9.67 Å². The van der Waals surface area contributed by atoms with Gasteiger partial charge < -0.3 is 13.5 Å². The zero-order chi connectivity index (χ0) is 15.6. The molecule has 0 aromatic carbocycles. The molecule has 4 heterocycles. The molecule has 0 unspecified atom stereocenters. The summed E-state index contributed by atoms with van der Waals surface area (Å²) in [6.07, 6.45) is 9.57. The van der Waals surface area contributed by atoms with Crippen molar-refractivity contribution >= 4 is 0 Å². The second-order valence-corrected chi connectivity index (χ2v) is 5.06. The van der Waals surface area contributed by atoms with Crippen LogP contribution in [0.5, 0.6) is 0 Å². The third-order valence-electron chi connectivity index (χ3n) is 3.54. The van der Waals surface area contributed by atoms with E-state index in [1.54, 1.807) is 29.7 Å². The van der Waals surface area contributed by atoms with Gasteiger partial charge in [0.2, 0.25) is 0 Å². The summed E-state index contributed by atoms with van der Waals surface area (Å²) in [6.45, 7) is 2.56. The lowest BCUT2D eigenvalue weighted by atomic mass is 10.3. The first kappa shape index (κ1) is 13.5. The number of hydrogen-bond acceptors (Lipinski definition) is 6. The number of aromatic nitrogens is 6. The van der Waals surface area contributed by atoms with Crippen LogP contribution in [0.2, 0.25) is 0 Å². The van der Waals surface area contributed by atoms with Gasteiger partial charge in [-0.1, -0.05) is 17.3 Å². The fourth-order valence-electron chi connectivity index (χ4n) is 2.38. The van der Waals surface area contributed by atoms with Gasteiger partial charge in [-0.3, -0.25) is 0 Å². The van der Waals surface area contributed by atoms with Crippen molar-refractivity contribution in [2.24, 2.45) is 0 Å². The fourth-order valence-corrected chi connectivity index (χ4v) is 2.38. The molecule has 0 radical (unpaired) electrons. The van der Waals surface area contributed by atoms with E-state index in [0.717, 1.165) is 17.8 Å². The van der Waals surface area contributed by atoms with Crippen molar-refractivity contribution < 1.29 is 8.94 Å². The molecule has 0 N–H and O–H groups in total. The predicted octanol–water partition coefficient (Wildman–Crippen LogP) is 2.32. The van der Waals surface area contributed by atoms with E-state index in [1.165, 1.54) is 0 Å². The van der Waals surface area contributed by atoms with Crippen molar-refractivity contribution in [1.29, 1.82) is 0 Å². The molecule has 8 heteroatoms. The van der Waals surface area contributed by atoms with Crippen LogP contribution in [0.1, 0.15) is 18.4 Å². The van der Waals surface area contributed by atoms with Gasteiger partial charge in [0, 0.05) is 30.2 Å². The quantitative estimate of drug-likeness (QED) is 0.562. The molecule has 4 aromatic heterocycles. The summed E-state index contributed by atoms with van der Waals surface area (Å²) in [5, 5.41) is 11.7. The summed E-state index contributed by atoms with van der Waals surface area (Å²) >= 11 is 0. The van der Waals surface area contributed by atoms with Gasteiger partial charge in [0.05, 0.1) is 18.2 Å². The Hall–Kier alpha value is -3.16. The lowest BCUT2D eigenvalue weighted by molar-refractivity contribution is 0.370. The molecule has 0 aliphatic rings. The molecule has 23 heavy (non-hydrogen) atoms. The van der Waals surface area contributed by atoms with Crippen molar-refractivity contribution in [2.75, 3.05) is 0 Å². The highest BCUT2D eigenvalue weighted by Gasteiger charge is 2.13. The smallest absolute Gasteiger partial charge is 0.158 e. The van der Waals surface area contributed by atoms with Crippen molar-refractivity contribution in [1.82, 2.24) is 29.7 Å². The summed E-state index contributed by atoms with van der Waals surface area (Å²) in [5.41, 5.74) is 2.67. The SMILES string of the molecule is CCc1cncn1-c1coc(-c2cc(Cn3ccnn3)on2)c1. The molecular weight excluding hydrogens is 296 g/mol. The van der Waals surface area contributed by atoms with Crippen LogP contribution in [0.3, 0.4) is 0 Å². The van der Waals surface area contributed by atoms with Crippen molar-refractivity contribution in [3.63, 3.8) is 0 Å². The molecule has 0 atom stereocenters. The van der Waals surface area contributed by atoms with Crippen molar-refractivity contribution in [3.8, 4) is 17.1 Å². The summed E-state index contributed by atoms with van der Waals surface area (Å²) in [7, 11) is 0. The van der Waals surface area contributed by atoms with Gasteiger partial charge in [-0.2, -0.15) is 0 Å². The van der Waals surface area contributed by atoms with Gasteiger partial charge in [-0.05, 0) is 6.42 Å². The highest BCUT2D eigenvalue weighted by Crippen LogP contribution is 2.25. The Labute approximate surface area is 131 Å². The van der Waals surface area contributed by atoms with Crippen LogP contribution >= 0.6 is 0 Å². The van der Waals surface area contributed by atoms with Crippen LogP contribution in [0, 0.1) is 0 Å². The summed E-state index contributed by atoms with van der Waals surface area (Å²) in [5.74, 6) is 1.32. The average Bonchev–Trinajstić information content (AvgIpc) is 3.34. The van der Waals surface area contributed by atoms with E-state index >= 15 is 0 Å².